The van der Waals surface area contributed by atoms with E-state index in [1.54, 1.807) is 18.2 Å². The van der Waals surface area contributed by atoms with Gasteiger partial charge in [0, 0.05) is 0 Å². The molecule has 0 spiro atoms. The molecule has 0 unspecified atom stereocenters. The molecule has 1 aromatic heterocycles. The summed E-state index contributed by atoms with van der Waals surface area (Å²) in [5.74, 6) is -0.467. The SMILES string of the molecule is O=C(Nc1cccc(Cl)c1Cl)c1cnon1. The van der Waals surface area contributed by atoms with Crippen molar-refractivity contribution in [2.75, 3.05) is 5.32 Å². The van der Waals surface area contributed by atoms with Crippen molar-refractivity contribution in [2.45, 2.75) is 0 Å². The second-order valence-electron chi connectivity index (χ2n) is 2.85. The highest BCUT2D eigenvalue weighted by Crippen LogP contribution is 2.29. The number of aromatic nitrogens is 2. The molecule has 1 aromatic carbocycles. The van der Waals surface area contributed by atoms with Crippen LogP contribution in [0.1, 0.15) is 10.5 Å². The van der Waals surface area contributed by atoms with E-state index in [1.807, 2.05) is 0 Å². The number of carbonyl (C=O) groups is 1. The molecule has 0 bridgehead atoms. The Labute approximate surface area is 100 Å². The molecule has 0 saturated carbocycles. The average Bonchev–Trinajstić information content (AvgIpc) is 2.78. The van der Waals surface area contributed by atoms with Crippen molar-refractivity contribution in [1.29, 1.82) is 0 Å². The van der Waals surface area contributed by atoms with E-state index < -0.39 is 5.91 Å². The van der Waals surface area contributed by atoms with Crippen LogP contribution in [0.2, 0.25) is 10.0 Å². The maximum absolute atomic E-state index is 11.6. The molecule has 1 heterocycles. The number of hydrogen-bond donors (Lipinski definition) is 1. The monoisotopic (exact) mass is 257 g/mol. The Morgan fingerprint density at radius 2 is 2.19 bits per heavy atom. The van der Waals surface area contributed by atoms with Crippen molar-refractivity contribution >= 4 is 34.8 Å². The van der Waals surface area contributed by atoms with E-state index in [1.165, 1.54) is 6.20 Å². The molecule has 2 rings (SSSR count). The van der Waals surface area contributed by atoms with E-state index in [2.05, 4.69) is 20.3 Å². The Hall–Kier alpha value is -1.59. The highest BCUT2D eigenvalue weighted by molar-refractivity contribution is 6.44. The Morgan fingerprint density at radius 3 is 2.88 bits per heavy atom. The molecule has 2 aromatic rings. The summed E-state index contributed by atoms with van der Waals surface area (Å²) in [5, 5.41) is 9.88. The van der Waals surface area contributed by atoms with Gasteiger partial charge in [-0.15, -0.1) is 0 Å². The van der Waals surface area contributed by atoms with Gasteiger partial charge in [0.1, 0.15) is 6.20 Å². The van der Waals surface area contributed by atoms with Gasteiger partial charge in [0.25, 0.3) is 5.91 Å². The third kappa shape index (κ3) is 2.15. The summed E-state index contributed by atoms with van der Waals surface area (Å²) in [5.41, 5.74) is 0.471. The lowest BCUT2D eigenvalue weighted by Crippen LogP contribution is -2.12. The molecule has 0 aliphatic carbocycles. The maximum atomic E-state index is 11.6. The molecule has 1 N–H and O–H groups in total. The lowest BCUT2D eigenvalue weighted by atomic mass is 10.3. The minimum absolute atomic E-state index is 0.0658. The summed E-state index contributed by atoms with van der Waals surface area (Å²) in [4.78, 5) is 11.6. The number of nitrogens with zero attached hydrogens (tertiary/aromatic N) is 2. The van der Waals surface area contributed by atoms with Gasteiger partial charge in [-0.25, -0.2) is 4.63 Å². The van der Waals surface area contributed by atoms with Crippen molar-refractivity contribution in [3.8, 4) is 0 Å². The molecule has 0 fully saturated rings. The second-order valence-corrected chi connectivity index (χ2v) is 3.63. The molecule has 5 nitrogen and oxygen atoms in total. The number of hydrogen-bond acceptors (Lipinski definition) is 4. The molecule has 82 valence electrons. The second kappa shape index (κ2) is 4.51. The number of benzene rings is 1. The number of rotatable bonds is 2. The van der Waals surface area contributed by atoms with Gasteiger partial charge in [0.2, 0.25) is 0 Å². The van der Waals surface area contributed by atoms with Gasteiger partial charge in [-0.2, -0.15) is 0 Å². The van der Waals surface area contributed by atoms with Crippen molar-refractivity contribution in [3.63, 3.8) is 0 Å². The van der Waals surface area contributed by atoms with Crippen molar-refractivity contribution in [3.05, 3.63) is 40.1 Å². The minimum atomic E-state index is -0.467. The van der Waals surface area contributed by atoms with Gasteiger partial charge in [-0.05, 0) is 17.3 Å². The van der Waals surface area contributed by atoms with Crippen LogP contribution in [0, 0.1) is 0 Å². The normalized spacial score (nSPS) is 10.1. The van der Waals surface area contributed by atoms with Crippen molar-refractivity contribution < 1.29 is 9.42 Å². The van der Waals surface area contributed by atoms with E-state index in [0.29, 0.717) is 10.7 Å². The molecule has 1 amide bonds. The van der Waals surface area contributed by atoms with Gasteiger partial charge in [0.05, 0.1) is 15.7 Å². The fraction of sp³-hybridized carbons (Fsp3) is 0. The first kappa shape index (κ1) is 10.9. The van der Waals surface area contributed by atoms with E-state index in [4.69, 9.17) is 23.2 Å². The van der Waals surface area contributed by atoms with Crippen LogP contribution in [-0.2, 0) is 0 Å². The first-order valence-corrected chi connectivity index (χ1v) is 4.97. The predicted molar refractivity (Wildman–Crippen MR) is 58.7 cm³/mol. The van der Waals surface area contributed by atoms with Crippen LogP contribution >= 0.6 is 23.2 Å². The van der Waals surface area contributed by atoms with Gasteiger partial charge in [0.15, 0.2) is 5.69 Å². The quantitative estimate of drug-likeness (QED) is 0.898. The zero-order chi connectivity index (χ0) is 11.5. The predicted octanol–water partition coefficient (Wildman–Crippen LogP) is 2.63. The van der Waals surface area contributed by atoms with Gasteiger partial charge < -0.3 is 5.32 Å². The van der Waals surface area contributed by atoms with Gasteiger partial charge in [-0.3, -0.25) is 4.79 Å². The van der Waals surface area contributed by atoms with Crippen LogP contribution in [0.15, 0.2) is 29.0 Å². The molecular formula is C9H5Cl2N3O2. The molecular weight excluding hydrogens is 253 g/mol. The van der Waals surface area contributed by atoms with E-state index >= 15 is 0 Å². The largest absolute Gasteiger partial charge is 0.319 e. The molecule has 0 radical (unpaired) electrons. The Balaban J connectivity index is 2.22. The zero-order valence-corrected chi connectivity index (χ0v) is 9.29. The summed E-state index contributed by atoms with van der Waals surface area (Å²) in [6.45, 7) is 0. The third-order valence-electron chi connectivity index (χ3n) is 1.79. The lowest BCUT2D eigenvalue weighted by Gasteiger charge is -2.05. The molecule has 0 aliphatic heterocycles. The fourth-order valence-electron chi connectivity index (χ4n) is 1.05. The summed E-state index contributed by atoms with van der Waals surface area (Å²) in [7, 11) is 0. The van der Waals surface area contributed by atoms with E-state index in [0.717, 1.165) is 0 Å². The first-order valence-electron chi connectivity index (χ1n) is 4.21. The van der Waals surface area contributed by atoms with Gasteiger partial charge in [-0.1, -0.05) is 34.4 Å². The molecule has 16 heavy (non-hydrogen) atoms. The number of amides is 1. The Kier molecular flexibility index (Phi) is 3.07. The topological polar surface area (TPSA) is 68.0 Å². The van der Waals surface area contributed by atoms with Crippen LogP contribution in [0.25, 0.3) is 0 Å². The molecule has 7 heteroatoms. The highest BCUT2D eigenvalue weighted by atomic mass is 35.5. The van der Waals surface area contributed by atoms with Gasteiger partial charge >= 0.3 is 0 Å². The van der Waals surface area contributed by atoms with E-state index in [-0.39, 0.29) is 10.7 Å². The summed E-state index contributed by atoms with van der Waals surface area (Å²) >= 11 is 11.7. The van der Waals surface area contributed by atoms with Crippen LogP contribution in [0.5, 0.6) is 0 Å². The average molecular weight is 258 g/mol. The van der Waals surface area contributed by atoms with Crippen molar-refractivity contribution in [1.82, 2.24) is 10.3 Å². The van der Waals surface area contributed by atoms with Crippen LogP contribution < -0.4 is 5.32 Å². The standard InChI is InChI=1S/C9H5Cl2N3O2/c10-5-2-1-3-6(8(5)11)13-9(15)7-4-12-16-14-7/h1-4H,(H,13,15). The smallest absolute Gasteiger partial charge is 0.279 e. The van der Waals surface area contributed by atoms with Crippen LogP contribution in [-0.4, -0.2) is 16.2 Å². The minimum Gasteiger partial charge on any atom is -0.319 e. The summed E-state index contributed by atoms with van der Waals surface area (Å²) in [6, 6.07) is 4.92. The Bertz CT molecular complexity index is 513. The first-order chi connectivity index (χ1) is 7.68. The third-order valence-corrected chi connectivity index (χ3v) is 2.61. The van der Waals surface area contributed by atoms with Crippen LogP contribution in [0.3, 0.4) is 0 Å². The molecule has 0 atom stereocenters. The summed E-state index contributed by atoms with van der Waals surface area (Å²) in [6.07, 6.45) is 1.20. The fourth-order valence-corrected chi connectivity index (χ4v) is 1.40. The maximum Gasteiger partial charge on any atom is 0.279 e. The van der Waals surface area contributed by atoms with Crippen LogP contribution in [0.4, 0.5) is 5.69 Å². The number of nitrogens with one attached hydrogen (secondary N) is 1. The summed E-state index contributed by atoms with van der Waals surface area (Å²) < 4.78 is 4.31. The zero-order valence-electron chi connectivity index (χ0n) is 7.78. The van der Waals surface area contributed by atoms with E-state index in [9.17, 15) is 4.79 Å². The Morgan fingerprint density at radius 1 is 1.38 bits per heavy atom. The van der Waals surface area contributed by atoms with Crippen molar-refractivity contribution in [2.24, 2.45) is 0 Å². The number of carbonyl (C=O) groups excluding carboxylic acids is 1. The molecule has 0 saturated heterocycles. The molecule has 0 aliphatic rings. The number of halogens is 2. The number of anilines is 1. The lowest BCUT2D eigenvalue weighted by molar-refractivity contribution is 0.101. The highest BCUT2D eigenvalue weighted by Gasteiger charge is 2.12.